The summed E-state index contributed by atoms with van der Waals surface area (Å²) in [6.07, 6.45) is -17.0. The van der Waals surface area contributed by atoms with Gasteiger partial charge in [0.15, 0.2) is 18.7 Å². The van der Waals surface area contributed by atoms with E-state index in [0.29, 0.717) is 0 Å². The monoisotopic (exact) mass is 490 g/mol. The van der Waals surface area contributed by atoms with Crippen LogP contribution in [0.15, 0.2) is 0 Å². The minimum atomic E-state index is -4.96. The fourth-order valence-electron chi connectivity index (χ4n) is 3.30. The molecular weight excluding hydrogens is 466 g/mol. The van der Waals surface area contributed by atoms with Crippen molar-refractivity contribution in [2.75, 3.05) is 12.5 Å². The van der Waals surface area contributed by atoms with Gasteiger partial charge in [0, 0.05) is 6.92 Å². The molecule has 0 bridgehead atoms. The highest BCUT2D eigenvalue weighted by atomic mass is 32.2. The molecule has 0 aromatic rings. The Balaban J connectivity index is 2.39. The third-order valence-corrected chi connectivity index (χ3v) is 5.15. The van der Waals surface area contributed by atoms with Gasteiger partial charge in [-0.3, -0.25) is 4.79 Å². The summed E-state index contributed by atoms with van der Waals surface area (Å²) >= 11 is 0. The Hall–Kier alpha value is -1.51. The van der Waals surface area contributed by atoms with E-state index in [0.717, 1.165) is 6.92 Å². The predicted molar refractivity (Wildman–Crippen MR) is 94.2 cm³/mol. The lowest BCUT2D eigenvalue weighted by Gasteiger charge is -2.47. The molecule has 2 fully saturated rings. The highest BCUT2D eigenvalue weighted by molar-refractivity contribution is 7.85. The third-order valence-electron chi connectivity index (χ3n) is 4.72. The average molecular weight is 490 g/mol. The van der Waals surface area contributed by atoms with Crippen LogP contribution >= 0.6 is 0 Å². The molecule has 0 aromatic carbocycles. The van der Waals surface area contributed by atoms with Gasteiger partial charge in [-0.2, -0.15) is 0 Å². The van der Waals surface area contributed by atoms with Crippen LogP contribution in [-0.4, -0.2) is 129 Å². The first-order valence-corrected chi connectivity index (χ1v) is 10.7. The zero-order valence-corrected chi connectivity index (χ0v) is 17.3. The summed E-state index contributed by atoms with van der Waals surface area (Å²) in [6, 6.07) is -1.56. The molecule has 0 saturated carbocycles. The highest BCUT2D eigenvalue weighted by Gasteiger charge is 2.53. The van der Waals surface area contributed by atoms with E-state index in [1.807, 2.05) is 0 Å². The fourth-order valence-corrected chi connectivity index (χ4v) is 3.62. The number of amides is 1. The number of carboxylic acids is 1. The zero-order valence-electron chi connectivity index (χ0n) is 16.5. The number of hydrogen-bond donors (Lipinski definition) is 7. The number of ether oxygens (including phenoxy) is 4. The van der Waals surface area contributed by atoms with Crippen LogP contribution in [0.5, 0.6) is 0 Å². The van der Waals surface area contributed by atoms with Gasteiger partial charge >= 0.3 is 5.97 Å². The molecule has 2 aliphatic heterocycles. The standard InChI is InChI=1S/C15H25NO15S/c1-4(18)16-6-11(10(28-3-32(25,26)27)5(2-17)29-14(6)24)30-15-9(21)7(19)8(20)12(31-15)13(22)23/h5-12,14-15,17,19-21,24H,2-3H2,1H3,(H,16,18)(H,22,23)(H,25,26,27)/p-1/t5-,6-,7+,8-,9-,10+,11-,12+,14?,15-/m1/s1. The normalized spacial score (nSPS) is 40.6. The molecule has 0 radical (unpaired) electrons. The molecule has 2 aliphatic rings. The number of carbonyl (C=O) groups is 2. The van der Waals surface area contributed by atoms with Crippen LogP contribution in [0.2, 0.25) is 0 Å². The van der Waals surface area contributed by atoms with E-state index in [9.17, 15) is 48.1 Å². The summed E-state index contributed by atoms with van der Waals surface area (Å²) in [7, 11) is -4.96. The summed E-state index contributed by atoms with van der Waals surface area (Å²) in [5, 5.41) is 61.0. The molecule has 2 heterocycles. The number of carbonyl (C=O) groups excluding carboxylic acids is 1. The highest BCUT2D eigenvalue weighted by Crippen LogP contribution is 2.30. The maximum atomic E-state index is 11.6. The van der Waals surface area contributed by atoms with E-state index < -0.39 is 95.9 Å². The first-order valence-electron chi connectivity index (χ1n) is 9.11. The summed E-state index contributed by atoms with van der Waals surface area (Å²) < 4.78 is 53.5. The Morgan fingerprint density at radius 2 is 1.69 bits per heavy atom. The van der Waals surface area contributed by atoms with Crippen molar-refractivity contribution in [3.05, 3.63) is 0 Å². The van der Waals surface area contributed by atoms with Gasteiger partial charge in [0.05, 0.1) is 6.61 Å². The molecule has 0 aromatic heterocycles. The molecule has 1 amide bonds. The predicted octanol–water partition coefficient (Wildman–Crippen LogP) is -5.63. The maximum Gasteiger partial charge on any atom is 0.335 e. The molecule has 1 unspecified atom stereocenters. The second-order valence-corrected chi connectivity index (χ2v) is 8.47. The van der Waals surface area contributed by atoms with E-state index >= 15 is 0 Å². The molecule has 2 saturated heterocycles. The number of aliphatic carboxylic acids is 1. The van der Waals surface area contributed by atoms with Crippen molar-refractivity contribution in [3.63, 3.8) is 0 Å². The lowest BCUT2D eigenvalue weighted by molar-refractivity contribution is -0.339. The first kappa shape index (κ1) is 26.7. The van der Waals surface area contributed by atoms with Crippen molar-refractivity contribution in [1.82, 2.24) is 5.32 Å². The second-order valence-electron chi connectivity index (χ2n) is 7.12. The Morgan fingerprint density at radius 1 is 1.06 bits per heavy atom. The molecule has 10 atom stereocenters. The average Bonchev–Trinajstić information content (AvgIpc) is 2.68. The quantitative estimate of drug-likeness (QED) is 0.156. The van der Waals surface area contributed by atoms with Crippen LogP contribution in [0.25, 0.3) is 0 Å². The maximum absolute atomic E-state index is 11.6. The summed E-state index contributed by atoms with van der Waals surface area (Å²) in [6.45, 7) is 0.146. The van der Waals surface area contributed by atoms with Gasteiger partial charge in [-0.25, -0.2) is 13.2 Å². The molecule has 32 heavy (non-hydrogen) atoms. The molecule has 17 heteroatoms. The molecule has 2 rings (SSSR count). The topological polar surface area (TPSA) is 262 Å². The van der Waals surface area contributed by atoms with Crippen LogP contribution in [0.1, 0.15) is 6.92 Å². The molecule has 7 N–H and O–H groups in total. The SMILES string of the molecule is CC(=O)N[C@H]1C(O)O[C@H](CO)[C@H](OCS(=O)(=O)[O-])[C@@H]1O[C@@H]1O[C@H](C(=O)O)[C@H](O)[C@H](O)[C@H]1O. The van der Waals surface area contributed by atoms with Crippen LogP contribution in [-0.2, 0) is 38.7 Å². The Morgan fingerprint density at radius 3 is 2.19 bits per heavy atom. The first-order chi connectivity index (χ1) is 14.8. The number of nitrogens with one attached hydrogen (secondary N) is 1. The van der Waals surface area contributed by atoms with Gasteiger partial charge < -0.3 is 59.5 Å². The second kappa shape index (κ2) is 10.6. The molecule has 16 nitrogen and oxygen atoms in total. The van der Waals surface area contributed by atoms with Crippen molar-refractivity contribution in [2.24, 2.45) is 0 Å². The van der Waals surface area contributed by atoms with Crippen molar-refractivity contribution in [3.8, 4) is 0 Å². The van der Waals surface area contributed by atoms with E-state index in [-0.39, 0.29) is 0 Å². The van der Waals surface area contributed by atoms with E-state index in [4.69, 9.17) is 24.1 Å². The van der Waals surface area contributed by atoms with Crippen molar-refractivity contribution in [1.29, 1.82) is 0 Å². The minimum absolute atomic E-state index is 0.743. The number of rotatable bonds is 8. The van der Waals surface area contributed by atoms with Gasteiger partial charge in [0.2, 0.25) is 5.91 Å². The smallest absolute Gasteiger partial charge is 0.335 e. The van der Waals surface area contributed by atoms with E-state index in [2.05, 4.69) is 5.32 Å². The fraction of sp³-hybridized carbons (Fsp3) is 0.867. The van der Waals surface area contributed by atoms with Crippen LogP contribution in [0, 0.1) is 0 Å². The largest absolute Gasteiger partial charge is 0.746 e. The molecular formula is C15H24NO15S-. The molecule has 0 spiro atoms. The van der Waals surface area contributed by atoms with Gasteiger partial charge in [-0.05, 0) is 0 Å². The zero-order chi connectivity index (χ0) is 24.4. The van der Waals surface area contributed by atoms with E-state index in [1.54, 1.807) is 0 Å². The van der Waals surface area contributed by atoms with Crippen molar-refractivity contribution >= 4 is 22.0 Å². The van der Waals surface area contributed by atoms with Gasteiger partial charge in [0.1, 0.15) is 58.7 Å². The third kappa shape index (κ3) is 6.29. The van der Waals surface area contributed by atoms with E-state index in [1.165, 1.54) is 0 Å². The number of aliphatic hydroxyl groups is 5. The number of aliphatic hydroxyl groups excluding tert-OH is 5. The van der Waals surface area contributed by atoms with Crippen molar-refractivity contribution in [2.45, 2.75) is 68.3 Å². The summed E-state index contributed by atoms with van der Waals surface area (Å²) in [5.74, 6) is -3.90. The molecule has 186 valence electrons. The number of carboxylic acid groups (broad SMARTS) is 1. The van der Waals surface area contributed by atoms with Gasteiger partial charge in [-0.1, -0.05) is 0 Å². The van der Waals surface area contributed by atoms with Gasteiger partial charge in [-0.15, -0.1) is 0 Å². The minimum Gasteiger partial charge on any atom is -0.746 e. The van der Waals surface area contributed by atoms with Crippen LogP contribution < -0.4 is 5.32 Å². The lowest BCUT2D eigenvalue weighted by Crippen LogP contribution is -2.68. The van der Waals surface area contributed by atoms with Crippen LogP contribution in [0.4, 0.5) is 0 Å². The number of hydrogen-bond acceptors (Lipinski definition) is 14. The lowest BCUT2D eigenvalue weighted by atomic mass is 9.95. The summed E-state index contributed by atoms with van der Waals surface area (Å²) in [4.78, 5) is 22.9. The Bertz CT molecular complexity index is 777. The molecule has 0 aliphatic carbocycles. The summed E-state index contributed by atoms with van der Waals surface area (Å²) in [5.41, 5.74) is 0. The van der Waals surface area contributed by atoms with Crippen molar-refractivity contribution < 1.29 is 72.1 Å². The van der Waals surface area contributed by atoms with Gasteiger partial charge in [0.25, 0.3) is 0 Å². The Kier molecular flexibility index (Phi) is 8.87. The van der Waals surface area contributed by atoms with Crippen LogP contribution in [0.3, 0.4) is 0 Å². The Labute approximate surface area is 181 Å².